The van der Waals surface area contributed by atoms with Gasteiger partial charge in [0, 0.05) is 0 Å². The van der Waals surface area contributed by atoms with Crippen LogP contribution in [0.3, 0.4) is 0 Å². The molecule has 0 aliphatic heterocycles. The number of benzene rings is 1. The molecule has 1 rings (SSSR count). The van der Waals surface area contributed by atoms with Gasteiger partial charge in [0.25, 0.3) is 6.47 Å². The largest absolute Gasteiger partial charge is 0.483 e. The number of carbonyl (C=O) groups is 2. The van der Waals surface area contributed by atoms with Gasteiger partial charge >= 0.3 is 5.97 Å². The van der Waals surface area contributed by atoms with Gasteiger partial charge < -0.3 is 5.11 Å². The Bertz CT molecular complexity index is 256. The molecule has 0 aromatic heterocycles. The van der Waals surface area contributed by atoms with Crippen molar-refractivity contribution in [1.82, 2.24) is 0 Å². The van der Waals surface area contributed by atoms with Crippen molar-refractivity contribution in [2.45, 2.75) is 0 Å². The molecule has 0 amide bonds. The lowest BCUT2D eigenvalue weighted by molar-refractivity contribution is -0.182. The van der Waals surface area contributed by atoms with Crippen LogP contribution in [0.4, 0.5) is 0 Å². The first-order valence-electron chi connectivity index (χ1n) is 3.25. The molecular weight excluding hydrogens is 176 g/mol. The number of rotatable bonds is 1. The Labute approximate surface area is 74.1 Å². The molecule has 0 saturated carbocycles. The average molecular weight is 184 g/mol. The first kappa shape index (κ1) is 11.1. The fourth-order valence-corrected chi connectivity index (χ4v) is 0.627. The van der Waals surface area contributed by atoms with E-state index in [0.717, 1.165) is 0 Å². The summed E-state index contributed by atoms with van der Waals surface area (Å²) >= 11 is 0. The van der Waals surface area contributed by atoms with Crippen LogP contribution in [0.1, 0.15) is 10.4 Å². The van der Waals surface area contributed by atoms with Gasteiger partial charge in [-0.3, -0.25) is 9.68 Å². The van der Waals surface area contributed by atoms with Gasteiger partial charge in [-0.25, -0.2) is 4.79 Å². The van der Waals surface area contributed by atoms with Gasteiger partial charge in [0.1, 0.15) is 0 Å². The number of hydrogen-bond donors (Lipinski definition) is 2. The zero-order valence-corrected chi connectivity index (χ0v) is 6.58. The normalized spacial score (nSPS) is 7.77. The van der Waals surface area contributed by atoms with Gasteiger partial charge in [-0.05, 0) is 12.1 Å². The quantitative estimate of drug-likeness (QED) is 0.386. The number of carboxylic acid groups (broad SMARTS) is 1. The molecule has 2 N–H and O–H groups in total. The summed E-state index contributed by atoms with van der Waals surface area (Å²) in [6.07, 6.45) is 0. The summed E-state index contributed by atoms with van der Waals surface area (Å²) in [4.78, 5) is 22.4. The van der Waals surface area contributed by atoms with Crippen LogP contribution in [-0.4, -0.2) is 22.8 Å². The van der Waals surface area contributed by atoms with Crippen LogP contribution in [0.15, 0.2) is 30.3 Å². The Morgan fingerprint density at radius 3 is 2.15 bits per heavy atom. The van der Waals surface area contributed by atoms with Crippen molar-refractivity contribution >= 4 is 12.4 Å². The van der Waals surface area contributed by atoms with Gasteiger partial charge in [0.2, 0.25) is 0 Å². The molecule has 0 unspecified atom stereocenters. The zero-order chi connectivity index (χ0) is 10.1. The van der Waals surface area contributed by atoms with Crippen LogP contribution in [-0.2, 0) is 9.68 Å². The predicted molar refractivity (Wildman–Crippen MR) is 43.2 cm³/mol. The third kappa shape index (κ3) is 4.54. The van der Waals surface area contributed by atoms with E-state index >= 15 is 0 Å². The Balaban J connectivity index is 0.000000424. The van der Waals surface area contributed by atoms with Crippen LogP contribution >= 0.6 is 0 Å². The van der Waals surface area contributed by atoms with Crippen molar-refractivity contribution in [3.05, 3.63) is 35.9 Å². The van der Waals surface area contributed by atoms with E-state index in [0.29, 0.717) is 5.56 Å². The maximum atomic E-state index is 10.5. The van der Waals surface area contributed by atoms with E-state index in [9.17, 15) is 4.79 Å². The molecule has 0 aliphatic rings. The van der Waals surface area contributed by atoms with Crippen molar-refractivity contribution in [2.24, 2.45) is 0 Å². The molecule has 13 heavy (non-hydrogen) atoms. The van der Waals surface area contributed by atoms with Gasteiger partial charge in [0.05, 0.1) is 5.56 Å². The van der Waals surface area contributed by atoms with Crippen molar-refractivity contribution in [3.8, 4) is 0 Å². The highest BCUT2D eigenvalue weighted by Crippen LogP contribution is 1.98. The van der Waals surface area contributed by atoms with Gasteiger partial charge in [-0.1, -0.05) is 18.2 Å². The highest BCUT2D eigenvalue weighted by Gasteiger charge is 2.02. The highest BCUT2D eigenvalue weighted by atomic mass is 17.1. The van der Waals surface area contributed by atoms with E-state index in [1.165, 1.54) is 0 Å². The molecular formula is C8H8O5. The lowest BCUT2D eigenvalue weighted by Crippen LogP contribution is -2.00. The second-order valence-electron chi connectivity index (χ2n) is 1.85. The zero-order valence-electron chi connectivity index (χ0n) is 6.58. The second-order valence-corrected chi connectivity index (χ2v) is 1.85. The molecule has 0 heterocycles. The molecule has 70 valence electrons. The lowest BCUT2D eigenvalue weighted by atomic mass is 10.2. The molecule has 0 spiro atoms. The van der Waals surface area contributed by atoms with Crippen LogP contribution in [0.5, 0.6) is 0 Å². The van der Waals surface area contributed by atoms with Crippen LogP contribution < -0.4 is 0 Å². The fraction of sp³-hybridized carbons (Fsp3) is 0. The molecule has 5 nitrogen and oxygen atoms in total. The molecule has 0 radical (unpaired) electrons. The summed E-state index contributed by atoms with van der Waals surface area (Å²) < 4.78 is 0. The third-order valence-corrected chi connectivity index (χ3v) is 1.09. The Hall–Kier alpha value is -1.88. The Morgan fingerprint density at radius 1 is 1.31 bits per heavy atom. The van der Waals surface area contributed by atoms with E-state index in [4.69, 9.17) is 15.2 Å². The number of hydrogen-bond acceptors (Lipinski definition) is 4. The van der Waals surface area contributed by atoms with Gasteiger partial charge in [-0.2, -0.15) is 5.26 Å². The van der Waals surface area contributed by atoms with E-state index in [2.05, 4.69) is 4.89 Å². The smallest absolute Gasteiger partial charge is 0.372 e. The topological polar surface area (TPSA) is 83.8 Å². The monoisotopic (exact) mass is 184 g/mol. The van der Waals surface area contributed by atoms with Crippen molar-refractivity contribution < 1.29 is 24.8 Å². The van der Waals surface area contributed by atoms with Gasteiger partial charge in [0.15, 0.2) is 0 Å². The highest BCUT2D eigenvalue weighted by molar-refractivity contribution is 5.88. The minimum Gasteiger partial charge on any atom is -0.483 e. The first-order valence-corrected chi connectivity index (χ1v) is 3.25. The van der Waals surface area contributed by atoms with E-state index in [1.54, 1.807) is 30.3 Å². The van der Waals surface area contributed by atoms with Crippen LogP contribution in [0.2, 0.25) is 0 Å². The molecule has 1 aromatic rings. The lowest BCUT2D eigenvalue weighted by Gasteiger charge is -1.92. The van der Waals surface area contributed by atoms with Crippen molar-refractivity contribution in [1.29, 1.82) is 0 Å². The summed E-state index contributed by atoms with van der Waals surface area (Å²) in [7, 11) is 0. The van der Waals surface area contributed by atoms with E-state index in [1.807, 2.05) is 0 Å². The fourth-order valence-electron chi connectivity index (χ4n) is 0.627. The molecule has 1 aromatic carbocycles. The van der Waals surface area contributed by atoms with Crippen molar-refractivity contribution in [3.63, 3.8) is 0 Å². The number of carbonyl (C=O) groups excluding carboxylic acids is 1. The maximum absolute atomic E-state index is 10.5. The van der Waals surface area contributed by atoms with E-state index < -0.39 is 5.97 Å². The maximum Gasteiger partial charge on any atom is 0.372 e. The van der Waals surface area contributed by atoms with Crippen LogP contribution in [0.25, 0.3) is 0 Å². The molecule has 0 fully saturated rings. The van der Waals surface area contributed by atoms with Crippen molar-refractivity contribution in [2.75, 3.05) is 0 Å². The summed E-state index contributed by atoms with van der Waals surface area (Å²) in [5.74, 6) is -0.736. The standard InChI is InChI=1S/C7H6O3.CH2O2/c8-7(10-9)6-4-2-1-3-5-6;2-1-3/h1-5,9H;1H,(H,2,3). The molecule has 0 saturated heterocycles. The minimum atomic E-state index is -0.736. The first-order chi connectivity index (χ1) is 6.26. The molecule has 0 atom stereocenters. The minimum absolute atomic E-state index is 0.250. The Morgan fingerprint density at radius 2 is 1.77 bits per heavy atom. The Kier molecular flexibility index (Phi) is 5.82. The van der Waals surface area contributed by atoms with Gasteiger partial charge in [-0.15, -0.1) is 0 Å². The van der Waals surface area contributed by atoms with Crippen LogP contribution in [0, 0.1) is 0 Å². The summed E-state index contributed by atoms with van der Waals surface area (Å²) in [5, 5.41) is 14.8. The summed E-state index contributed by atoms with van der Waals surface area (Å²) in [5.41, 5.74) is 0.338. The summed E-state index contributed by atoms with van der Waals surface area (Å²) in [6.45, 7) is -0.250. The summed E-state index contributed by atoms with van der Waals surface area (Å²) in [6, 6.07) is 8.25. The molecule has 5 heteroatoms. The second kappa shape index (κ2) is 6.81. The van der Waals surface area contributed by atoms with E-state index in [-0.39, 0.29) is 6.47 Å². The molecule has 0 aliphatic carbocycles. The third-order valence-electron chi connectivity index (χ3n) is 1.09. The average Bonchev–Trinajstić information content (AvgIpc) is 2.19. The SMILES string of the molecule is O=C(OO)c1ccccc1.O=CO. The predicted octanol–water partition coefficient (Wildman–Crippen LogP) is 1.02. The molecule has 0 bridgehead atoms.